The minimum absolute atomic E-state index is 0.00159. The Hall–Kier alpha value is -2.82. The highest BCUT2D eigenvalue weighted by atomic mass is 35.5. The second-order valence-electron chi connectivity index (χ2n) is 7.18. The molecule has 0 spiro atoms. The largest absolute Gasteiger partial charge is 0.493 e. The third-order valence-corrected chi connectivity index (χ3v) is 7.13. The molecule has 11 heteroatoms. The van der Waals surface area contributed by atoms with E-state index in [1.54, 1.807) is 19.9 Å². The van der Waals surface area contributed by atoms with E-state index in [4.69, 9.17) is 21.1 Å². The van der Waals surface area contributed by atoms with E-state index in [1.807, 2.05) is 13.8 Å². The molecule has 0 saturated carbocycles. The van der Waals surface area contributed by atoms with Gasteiger partial charge in [0.05, 0.1) is 18.2 Å². The monoisotopic (exact) mass is 497 g/mol. The van der Waals surface area contributed by atoms with Crippen LogP contribution in [0, 0.1) is 0 Å². The van der Waals surface area contributed by atoms with Gasteiger partial charge in [0.2, 0.25) is 10.0 Å². The molecule has 180 valence electrons. The third-order valence-electron chi connectivity index (χ3n) is 4.59. The van der Waals surface area contributed by atoms with E-state index >= 15 is 0 Å². The van der Waals surface area contributed by atoms with Gasteiger partial charge in [-0.25, -0.2) is 8.42 Å². The maximum absolute atomic E-state index is 12.8. The molecule has 0 radical (unpaired) electrons. The number of rotatable bonds is 9. The van der Waals surface area contributed by atoms with Gasteiger partial charge in [-0.3, -0.25) is 20.4 Å². The zero-order valence-electron chi connectivity index (χ0n) is 19.1. The molecular weight excluding hydrogens is 470 g/mol. The van der Waals surface area contributed by atoms with Crippen molar-refractivity contribution in [3.63, 3.8) is 0 Å². The lowest BCUT2D eigenvalue weighted by Gasteiger charge is -2.19. The fourth-order valence-electron chi connectivity index (χ4n) is 2.96. The number of hydrazine groups is 1. The van der Waals surface area contributed by atoms with Crippen LogP contribution in [0.25, 0.3) is 0 Å². The minimum atomic E-state index is -3.87. The molecule has 33 heavy (non-hydrogen) atoms. The molecule has 2 aromatic carbocycles. The highest BCUT2D eigenvalue weighted by Gasteiger charge is 2.25. The van der Waals surface area contributed by atoms with Crippen LogP contribution < -0.4 is 20.3 Å². The van der Waals surface area contributed by atoms with Crippen molar-refractivity contribution < 1.29 is 27.5 Å². The number of nitrogens with zero attached hydrogens (tertiary/aromatic N) is 1. The normalized spacial score (nSPS) is 11.4. The smallest absolute Gasteiger partial charge is 0.269 e. The van der Waals surface area contributed by atoms with Crippen molar-refractivity contribution in [2.75, 3.05) is 20.2 Å². The maximum Gasteiger partial charge on any atom is 0.269 e. The number of benzene rings is 2. The van der Waals surface area contributed by atoms with Gasteiger partial charge in [-0.05, 0) is 50.2 Å². The van der Waals surface area contributed by atoms with E-state index < -0.39 is 21.8 Å². The number of hydrogen-bond acceptors (Lipinski definition) is 6. The van der Waals surface area contributed by atoms with Gasteiger partial charge in [0.1, 0.15) is 4.90 Å². The van der Waals surface area contributed by atoms with Gasteiger partial charge in [0.15, 0.2) is 11.5 Å². The molecule has 0 atom stereocenters. The van der Waals surface area contributed by atoms with Gasteiger partial charge in [-0.2, -0.15) is 4.31 Å². The van der Waals surface area contributed by atoms with Gasteiger partial charge in [-0.1, -0.05) is 25.4 Å². The van der Waals surface area contributed by atoms with E-state index in [2.05, 4.69) is 10.9 Å². The van der Waals surface area contributed by atoms with Gasteiger partial charge in [-0.15, -0.1) is 0 Å². The number of sulfonamides is 1. The molecular formula is C22H28ClN3O6S. The number of carbonyl (C=O) groups excluding carboxylic acids is 2. The van der Waals surface area contributed by atoms with Crippen molar-refractivity contribution in [2.24, 2.45) is 0 Å². The minimum Gasteiger partial charge on any atom is -0.493 e. The van der Waals surface area contributed by atoms with Crippen LogP contribution in [0.15, 0.2) is 41.3 Å². The van der Waals surface area contributed by atoms with Crippen LogP contribution >= 0.6 is 11.6 Å². The topological polar surface area (TPSA) is 114 Å². The molecule has 2 rings (SSSR count). The summed E-state index contributed by atoms with van der Waals surface area (Å²) in [4.78, 5) is 24.9. The second-order valence-corrected chi connectivity index (χ2v) is 9.49. The summed E-state index contributed by atoms with van der Waals surface area (Å²) >= 11 is 6.09. The molecule has 9 nitrogen and oxygen atoms in total. The molecule has 0 heterocycles. The first kappa shape index (κ1) is 26.4. The summed E-state index contributed by atoms with van der Waals surface area (Å²) < 4.78 is 37.7. The fraction of sp³-hybridized carbons (Fsp3) is 0.364. The molecule has 0 aliphatic heterocycles. The molecule has 0 bridgehead atoms. The van der Waals surface area contributed by atoms with Crippen LogP contribution in [0.4, 0.5) is 0 Å². The lowest BCUT2D eigenvalue weighted by molar-refractivity contribution is 0.0846. The van der Waals surface area contributed by atoms with Crippen LogP contribution in [0.1, 0.15) is 48.4 Å². The SMILES string of the molecule is CCN(CC)S(=O)(=O)c1cc(C(=O)NNC(=O)c2ccc(OC(C)C)c(OC)c2)ccc1Cl. The van der Waals surface area contributed by atoms with Gasteiger partial charge >= 0.3 is 0 Å². The molecule has 0 fully saturated rings. The van der Waals surface area contributed by atoms with Gasteiger partial charge in [0.25, 0.3) is 11.8 Å². The Morgan fingerprint density at radius 1 is 0.970 bits per heavy atom. The zero-order chi connectivity index (χ0) is 24.8. The summed E-state index contributed by atoms with van der Waals surface area (Å²) in [5.41, 5.74) is 4.82. The second kappa shape index (κ2) is 11.4. The number of ether oxygens (including phenoxy) is 2. The third kappa shape index (κ3) is 6.37. The lowest BCUT2D eigenvalue weighted by Crippen LogP contribution is -2.41. The van der Waals surface area contributed by atoms with E-state index in [-0.39, 0.29) is 40.2 Å². The van der Waals surface area contributed by atoms with E-state index in [0.717, 1.165) is 0 Å². The maximum atomic E-state index is 12.8. The average Bonchev–Trinajstić information content (AvgIpc) is 2.77. The first-order chi connectivity index (χ1) is 15.5. The number of amides is 2. The molecule has 2 N–H and O–H groups in total. The molecule has 0 aliphatic carbocycles. The summed E-state index contributed by atoms with van der Waals surface area (Å²) in [6, 6.07) is 8.48. The Labute approximate surface area is 199 Å². The van der Waals surface area contributed by atoms with Crippen LogP contribution in [0.3, 0.4) is 0 Å². The zero-order valence-corrected chi connectivity index (χ0v) is 20.7. The summed E-state index contributed by atoms with van der Waals surface area (Å²) in [6.07, 6.45) is -0.0762. The highest BCUT2D eigenvalue weighted by Crippen LogP contribution is 2.29. The Morgan fingerprint density at radius 2 is 1.52 bits per heavy atom. The van der Waals surface area contributed by atoms with Crippen molar-refractivity contribution in [2.45, 2.75) is 38.7 Å². The number of hydrogen-bond donors (Lipinski definition) is 2. The number of halogens is 1. The van der Waals surface area contributed by atoms with Crippen molar-refractivity contribution in [1.29, 1.82) is 0 Å². The Morgan fingerprint density at radius 3 is 2.03 bits per heavy atom. The van der Waals surface area contributed by atoms with Crippen molar-refractivity contribution in [1.82, 2.24) is 15.2 Å². The van der Waals surface area contributed by atoms with E-state index in [1.165, 1.54) is 41.7 Å². The standard InChI is InChI=1S/C22H28ClN3O6S/c1-6-26(7-2)33(29,30)20-13-16(8-10-17(20)23)22(28)25-24-21(27)15-9-11-18(32-14(3)4)19(12-15)31-5/h8-14H,6-7H2,1-5H3,(H,24,27)(H,25,28). The van der Waals surface area contributed by atoms with Crippen molar-refractivity contribution in [3.8, 4) is 11.5 Å². The molecule has 0 aliphatic rings. The summed E-state index contributed by atoms with van der Waals surface area (Å²) in [7, 11) is -2.42. The summed E-state index contributed by atoms with van der Waals surface area (Å²) in [5.74, 6) is -0.451. The predicted molar refractivity (Wildman–Crippen MR) is 125 cm³/mol. The highest BCUT2D eigenvalue weighted by molar-refractivity contribution is 7.89. The van der Waals surface area contributed by atoms with Crippen LogP contribution in [-0.2, 0) is 10.0 Å². The summed E-state index contributed by atoms with van der Waals surface area (Å²) in [6.45, 7) is 7.66. The van der Waals surface area contributed by atoms with Gasteiger partial charge in [0, 0.05) is 24.2 Å². The molecule has 2 amide bonds. The number of nitrogens with one attached hydrogen (secondary N) is 2. The number of carbonyl (C=O) groups is 2. The van der Waals surface area contributed by atoms with Crippen molar-refractivity contribution >= 4 is 33.4 Å². The molecule has 2 aromatic rings. The van der Waals surface area contributed by atoms with E-state index in [0.29, 0.717) is 11.5 Å². The Balaban J connectivity index is 2.17. The molecule has 0 unspecified atom stereocenters. The summed E-state index contributed by atoms with van der Waals surface area (Å²) in [5, 5.41) is -0.00159. The van der Waals surface area contributed by atoms with Gasteiger partial charge < -0.3 is 9.47 Å². The van der Waals surface area contributed by atoms with Crippen LogP contribution in [0.5, 0.6) is 11.5 Å². The van der Waals surface area contributed by atoms with Crippen LogP contribution in [0.2, 0.25) is 5.02 Å². The molecule has 0 aromatic heterocycles. The molecule has 0 saturated heterocycles. The predicted octanol–water partition coefficient (Wildman–Crippen LogP) is 3.24. The van der Waals surface area contributed by atoms with E-state index in [9.17, 15) is 18.0 Å². The first-order valence-electron chi connectivity index (χ1n) is 10.3. The number of methoxy groups -OCH3 is 1. The Bertz CT molecular complexity index is 1120. The average molecular weight is 498 g/mol. The first-order valence-corrected chi connectivity index (χ1v) is 12.1. The Kier molecular flexibility index (Phi) is 9.09. The fourth-order valence-corrected chi connectivity index (χ4v) is 4.92. The quantitative estimate of drug-likeness (QED) is 0.514. The van der Waals surface area contributed by atoms with Crippen molar-refractivity contribution in [3.05, 3.63) is 52.5 Å². The van der Waals surface area contributed by atoms with Crippen LogP contribution in [-0.4, -0.2) is 50.8 Å². The lowest BCUT2D eigenvalue weighted by atomic mass is 10.2.